The van der Waals surface area contributed by atoms with Crippen molar-refractivity contribution in [2.75, 3.05) is 6.79 Å². The molecule has 0 bridgehead atoms. The lowest BCUT2D eigenvalue weighted by molar-refractivity contribution is 0.174. The van der Waals surface area contributed by atoms with Crippen molar-refractivity contribution < 1.29 is 9.47 Å². The van der Waals surface area contributed by atoms with Crippen LogP contribution < -0.4 is 9.47 Å². The number of fused-ring (bicyclic) bond motifs is 2. The summed E-state index contributed by atoms with van der Waals surface area (Å²) >= 11 is 0. The molecule has 0 spiro atoms. The third kappa shape index (κ3) is 1.49. The van der Waals surface area contributed by atoms with E-state index in [-0.39, 0.29) is 6.79 Å². The number of rotatable bonds is 2. The summed E-state index contributed by atoms with van der Waals surface area (Å²) in [6, 6.07) is 6.07. The summed E-state index contributed by atoms with van der Waals surface area (Å²) < 4.78 is 12.8. The van der Waals surface area contributed by atoms with Crippen molar-refractivity contribution in [3.8, 4) is 17.6 Å². The molecule has 0 saturated heterocycles. The van der Waals surface area contributed by atoms with E-state index in [1.807, 2.05) is 16.7 Å². The van der Waals surface area contributed by atoms with Crippen LogP contribution in [0.1, 0.15) is 31.0 Å². The second-order valence-electron chi connectivity index (χ2n) is 5.04. The average Bonchev–Trinajstić information content (AvgIpc) is 2.90. The van der Waals surface area contributed by atoms with Crippen molar-refractivity contribution in [2.45, 2.75) is 31.7 Å². The standard InChI is InChI=1S/C14H13N3O2/c15-4-5-17-11-7-13-12(18-8-19-13)6-10(11)16-14(17)9-2-1-3-9/h6-7,9H,1-3,5,8H2. The first-order valence-electron chi connectivity index (χ1n) is 6.53. The first kappa shape index (κ1) is 10.7. The smallest absolute Gasteiger partial charge is 0.231 e. The van der Waals surface area contributed by atoms with E-state index in [9.17, 15) is 0 Å². The monoisotopic (exact) mass is 255 g/mol. The fraction of sp³-hybridized carbons (Fsp3) is 0.429. The van der Waals surface area contributed by atoms with Gasteiger partial charge in [-0.05, 0) is 12.8 Å². The topological polar surface area (TPSA) is 60.1 Å². The van der Waals surface area contributed by atoms with E-state index in [2.05, 4.69) is 6.07 Å². The van der Waals surface area contributed by atoms with Crippen LogP contribution in [0.15, 0.2) is 12.1 Å². The molecule has 0 amide bonds. The summed E-state index contributed by atoms with van der Waals surface area (Å²) in [6.07, 6.45) is 3.59. The molecule has 0 atom stereocenters. The van der Waals surface area contributed by atoms with E-state index in [4.69, 9.17) is 19.7 Å². The van der Waals surface area contributed by atoms with E-state index in [0.29, 0.717) is 12.5 Å². The molecule has 19 heavy (non-hydrogen) atoms. The maximum Gasteiger partial charge on any atom is 0.231 e. The van der Waals surface area contributed by atoms with Gasteiger partial charge in [0.2, 0.25) is 6.79 Å². The molecule has 2 aliphatic rings. The zero-order valence-corrected chi connectivity index (χ0v) is 10.4. The summed E-state index contributed by atoms with van der Waals surface area (Å²) in [6.45, 7) is 0.595. The van der Waals surface area contributed by atoms with Crippen molar-refractivity contribution in [1.82, 2.24) is 9.55 Å². The summed E-state index contributed by atoms with van der Waals surface area (Å²) in [5.41, 5.74) is 1.86. The molecule has 4 rings (SSSR count). The third-order valence-corrected chi connectivity index (χ3v) is 3.97. The van der Waals surface area contributed by atoms with E-state index in [1.165, 1.54) is 19.3 Å². The Morgan fingerprint density at radius 2 is 2.11 bits per heavy atom. The number of aromatic nitrogens is 2. The number of hydrogen-bond donors (Lipinski definition) is 0. The highest BCUT2D eigenvalue weighted by Crippen LogP contribution is 2.40. The largest absolute Gasteiger partial charge is 0.454 e. The van der Waals surface area contributed by atoms with Crippen molar-refractivity contribution in [3.05, 3.63) is 18.0 Å². The zero-order valence-electron chi connectivity index (χ0n) is 10.4. The van der Waals surface area contributed by atoms with E-state index < -0.39 is 0 Å². The molecule has 1 aromatic heterocycles. The number of hydrogen-bond acceptors (Lipinski definition) is 4. The second-order valence-corrected chi connectivity index (χ2v) is 5.04. The maximum absolute atomic E-state index is 9.03. The minimum Gasteiger partial charge on any atom is -0.454 e. The third-order valence-electron chi connectivity index (χ3n) is 3.97. The molecular formula is C14H13N3O2. The fourth-order valence-corrected chi connectivity index (χ4v) is 2.75. The van der Waals surface area contributed by atoms with Crippen LogP contribution in [0.5, 0.6) is 11.5 Å². The number of nitriles is 1. The van der Waals surface area contributed by atoms with Crippen LogP contribution in [0.2, 0.25) is 0 Å². The molecule has 2 heterocycles. The van der Waals surface area contributed by atoms with Gasteiger partial charge < -0.3 is 14.0 Å². The van der Waals surface area contributed by atoms with Crippen molar-refractivity contribution >= 4 is 11.0 Å². The Hall–Kier alpha value is -2.22. The van der Waals surface area contributed by atoms with Crippen LogP contribution in [-0.2, 0) is 6.54 Å². The summed E-state index contributed by atoms with van der Waals surface area (Å²) in [5.74, 6) is 3.02. The molecule has 0 N–H and O–H groups in total. The molecule has 1 aliphatic heterocycles. The minimum absolute atomic E-state index is 0.260. The van der Waals surface area contributed by atoms with Gasteiger partial charge in [0.05, 0.1) is 17.1 Å². The van der Waals surface area contributed by atoms with Gasteiger partial charge in [0.1, 0.15) is 12.4 Å². The lowest BCUT2D eigenvalue weighted by Gasteiger charge is -2.25. The van der Waals surface area contributed by atoms with Gasteiger partial charge in [0, 0.05) is 18.1 Å². The quantitative estimate of drug-likeness (QED) is 0.827. The zero-order chi connectivity index (χ0) is 12.8. The van der Waals surface area contributed by atoms with Gasteiger partial charge in [0.15, 0.2) is 11.5 Å². The highest BCUT2D eigenvalue weighted by atomic mass is 16.7. The number of nitrogens with zero attached hydrogens (tertiary/aromatic N) is 3. The maximum atomic E-state index is 9.03. The number of benzene rings is 1. The molecule has 1 aliphatic carbocycles. The Morgan fingerprint density at radius 1 is 1.32 bits per heavy atom. The molecular weight excluding hydrogens is 242 g/mol. The first-order valence-corrected chi connectivity index (χ1v) is 6.53. The lowest BCUT2D eigenvalue weighted by Crippen LogP contribution is -2.15. The Balaban J connectivity index is 1.92. The number of ether oxygens (including phenoxy) is 2. The molecule has 0 unspecified atom stereocenters. The highest BCUT2D eigenvalue weighted by Gasteiger charge is 2.27. The Bertz CT molecular complexity index is 695. The van der Waals surface area contributed by atoms with Gasteiger partial charge in [-0.15, -0.1) is 0 Å². The summed E-state index contributed by atoms with van der Waals surface area (Å²) in [7, 11) is 0. The molecule has 1 fully saturated rings. The van der Waals surface area contributed by atoms with Crippen LogP contribution in [-0.4, -0.2) is 16.3 Å². The van der Waals surface area contributed by atoms with Gasteiger partial charge in [-0.2, -0.15) is 5.26 Å². The predicted molar refractivity (Wildman–Crippen MR) is 68.1 cm³/mol. The van der Waals surface area contributed by atoms with Crippen LogP contribution >= 0.6 is 0 Å². The molecule has 5 nitrogen and oxygen atoms in total. The number of imidazole rings is 1. The fourth-order valence-electron chi connectivity index (χ4n) is 2.75. The molecule has 0 radical (unpaired) electrons. The van der Waals surface area contributed by atoms with Crippen LogP contribution in [0, 0.1) is 11.3 Å². The lowest BCUT2D eigenvalue weighted by atomic mass is 9.85. The SMILES string of the molecule is N#CCn1c(C2CCC2)nc2cc3c(cc21)OCO3. The van der Waals surface area contributed by atoms with Gasteiger partial charge in [-0.1, -0.05) is 6.42 Å². The Labute approximate surface area is 110 Å². The van der Waals surface area contributed by atoms with Gasteiger partial charge in [0.25, 0.3) is 0 Å². The van der Waals surface area contributed by atoms with Crippen molar-refractivity contribution in [1.29, 1.82) is 5.26 Å². The predicted octanol–water partition coefficient (Wildman–Crippen LogP) is 2.56. The van der Waals surface area contributed by atoms with Crippen LogP contribution in [0.25, 0.3) is 11.0 Å². The molecule has 96 valence electrons. The summed E-state index contributed by atoms with van der Waals surface area (Å²) in [4.78, 5) is 4.71. The van der Waals surface area contributed by atoms with Crippen LogP contribution in [0.4, 0.5) is 0 Å². The molecule has 2 aromatic rings. The van der Waals surface area contributed by atoms with Crippen molar-refractivity contribution in [2.24, 2.45) is 0 Å². The molecule has 5 heteroatoms. The van der Waals surface area contributed by atoms with Gasteiger partial charge in [-0.25, -0.2) is 4.98 Å². The summed E-state index contributed by atoms with van der Waals surface area (Å²) in [5, 5.41) is 9.03. The second kappa shape index (κ2) is 3.89. The normalized spacial score (nSPS) is 17.4. The molecule has 1 saturated carbocycles. The average molecular weight is 255 g/mol. The van der Waals surface area contributed by atoms with E-state index in [0.717, 1.165) is 28.4 Å². The van der Waals surface area contributed by atoms with Crippen LogP contribution in [0.3, 0.4) is 0 Å². The Kier molecular flexibility index (Phi) is 2.18. The van der Waals surface area contributed by atoms with Crippen molar-refractivity contribution in [3.63, 3.8) is 0 Å². The highest BCUT2D eigenvalue weighted by molar-refractivity contribution is 5.81. The van der Waals surface area contributed by atoms with E-state index >= 15 is 0 Å². The van der Waals surface area contributed by atoms with Gasteiger partial charge in [-0.3, -0.25) is 0 Å². The van der Waals surface area contributed by atoms with E-state index in [1.54, 1.807) is 0 Å². The Morgan fingerprint density at radius 3 is 2.79 bits per heavy atom. The molecule has 1 aromatic carbocycles. The first-order chi connectivity index (χ1) is 9.36. The van der Waals surface area contributed by atoms with Gasteiger partial charge >= 0.3 is 0 Å². The minimum atomic E-state index is 0.260.